The standard InChI is InChI=1S/C19H30O8/c1-23-14(22)9-11-5-6-13-16(24-11)18-17(15(25-13)12(21)10-20)26-19(27-18)7-3-2-4-8-19/h11-13,15-18,20-21H,2-10H2,1H3/t11?,12?,13?,15-,16-,17?,18?/m0/s1. The van der Waals surface area contributed by atoms with E-state index in [0.717, 1.165) is 32.1 Å². The van der Waals surface area contributed by atoms with E-state index in [9.17, 15) is 15.0 Å². The molecule has 8 heteroatoms. The highest BCUT2D eigenvalue weighted by Crippen LogP contribution is 2.47. The third kappa shape index (κ3) is 3.75. The highest BCUT2D eigenvalue weighted by Gasteiger charge is 2.60. The fourth-order valence-electron chi connectivity index (χ4n) is 4.93. The lowest BCUT2D eigenvalue weighted by atomic mass is 9.87. The summed E-state index contributed by atoms with van der Waals surface area (Å²) in [5.74, 6) is -0.953. The minimum atomic E-state index is -1.03. The number of aliphatic hydroxyl groups excluding tert-OH is 2. The lowest BCUT2D eigenvalue weighted by Gasteiger charge is -2.47. The number of carbonyl (C=O) groups is 1. The van der Waals surface area contributed by atoms with Crippen LogP contribution in [-0.4, -0.2) is 78.4 Å². The molecule has 1 aliphatic carbocycles. The first-order valence-corrected chi connectivity index (χ1v) is 10.1. The predicted molar refractivity (Wildman–Crippen MR) is 91.8 cm³/mol. The summed E-state index contributed by atoms with van der Waals surface area (Å²) in [4.78, 5) is 11.6. The Hall–Kier alpha value is -0.770. The third-order valence-corrected chi connectivity index (χ3v) is 6.30. The molecule has 3 heterocycles. The highest BCUT2D eigenvalue weighted by atomic mass is 16.8. The zero-order chi connectivity index (χ0) is 19.0. The Morgan fingerprint density at radius 2 is 1.85 bits per heavy atom. The van der Waals surface area contributed by atoms with E-state index in [1.165, 1.54) is 7.11 Å². The molecule has 0 radical (unpaired) electrons. The molecule has 8 nitrogen and oxygen atoms in total. The molecule has 0 aromatic rings. The maximum absolute atomic E-state index is 11.6. The molecule has 27 heavy (non-hydrogen) atoms. The zero-order valence-corrected chi connectivity index (χ0v) is 15.7. The molecule has 1 spiro atoms. The van der Waals surface area contributed by atoms with Crippen LogP contribution in [-0.2, 0) is 28.5 Å². The van der Waals surface area contributed by atoms with Crippen molar-refractivity contribution in [2.75, 3.05) is 13.7 Å². The lowest BCUT2D eigenvalue weighted by molar-refractivity contribution is -0.256. The molecule has 0 aromatic heterocycles. The Morgan fingerprint density at radius 1 is 1.11 bits per heavy atom. The molecule has 0 bridgehead atoms. The quantitative estimate of drug-likeness (QED) is 0.680. The van der Waals surface area contributed by atoms with Gasteiger partial charge in [0.05, 0.1) is 32.3 Å². The van der Waals surface area contributed by atoms with Gasteiger partial charge in [-0.1, -0.05) is 6.42 Å². The van der Waals surface area contributed by atoms with Crippen molar-refractivity contribution >= 4 is 5.97 Å². The molecule has 0 amide bonds. The summed E-state index contributed by atoms with van der Waals surface area (Å²) < 4.78 is 29.8. The van der Waals surface area contributed by atoms with Crippen molar-refractivity contribution in [3.63, 3.8) is 0 Å². The topological polar surface area (TPSA) is 104 Å². The van der Waals surface area contributed by atoms with Gasteiger partial charge in [0.25, 0.3) is 0 Å². The normalized spacial score (nSPS) is 41.6. The second kappa shape index (κ2) is 7.93. The highest BCUT2D eigenvalue weighted by molar-refractivity contribution is 5.69. The average molecular weight is 386 g/mol. The number of carbonyl (C=O) groups excluding carboxylic acids is 1. The maximum Gasteiger partial charge on any atom is 0.308 e. The number of hydrogen-bond donors (Lipinski definition) is 2. The summed E-state index contributed by atoms with van der Waals surface area (Å²) in [6.07, 6.45) is 3.00. The molecular formula is C19H30O8. The van der Waals surface area contributed by atoms with Gasteiger partial charge in [-0.15, -0.1) is 0 Å². The Kier molecular flexibility index (Phi) is 5.74. The van der Waals surface area contributed by atoms with Crippen molar-refractivity contribution in [2.45, 2.75) is 99.9 Å². The van der Waals surface area contributed by atoms with Crippen LogP contribution in [0, 0.1) is 0 Å². The molecule has 2 N–H and O–H groups in total. The molecule has 1 saturated carbocycles. The van der Waals surface area contributed by atoms with Crippen LogP contribution in [0.25, 0.3) is 0 Å². The van der Waals surface area contributed by atoms with Crippen LogP contribution in [0.2, 0.25) is 0 Å². The van der Waals surface area contributed by atoms with Crippen LogP contribution in [0.3, 0.4) is 0 Å². The molecule has 4 rings (SSSR count). The Bertz CT molecular complexity index is 534. The van der Waals surface area contributed by atoms with Gasteiger partial charge in [-0.2, -0.15) is 0 Å². The van der Waals surface area contributed by atoms with E-state index < -0.39 is 30.7 Å². The molecular weight excluding hydrogens is 356 g/mol. The third-order valence-electron chi connectivity index (χ3n) is 6.30. The second-order valence-electron chi connectivity index (χ2n) is 8.11. The summed E-state index contributed by atoms with van der Waals surface area (Å²) in [5, 5.41) is 19.8. The van der Waals surface area contributed by atoms with Crippen molar-refractivity contribution < 1.29 is 38.7 Å². The first-order valence-electron chi connectivity index (χ1n) is 10.1. The van der Waals surface area contributed by atoms with Crippen LogP contribution in [0.5, 0.6) is 0 Å². The number of hydrogen-bond acceptors (Lipinski definition) is 8. The van der Waals surface area contributed by atoms with E-state index in [4.69, 9.17) is 23.7 Å². The predicted octanol–water partition coefficient (Wildman–Crippen LogP) is 0.662. The number of methoxy groups -OCH3 is 1. The van der Waals surface area contributed by atoms with E-state index in [2.05, 4.69) is 0 Å². The molecule has 0 aromatic carbocycles. The van der Waals surface area contributed by atoms with Crippen LogP contribution < -0.4 is 0 Å². The Morgan fingerprint density at radius 3 is 2.56 bits per heavy atom. The number of esters is 1. The van der Waals surface area contributed by atoms with Crippen LogP contribution >= 0.6 is 0 Å². The smallest absolute Gasteiger partial charge is 0.308 e. The van der Waals surface area contributed by atoms with Gasteiger partial charge < -0.3 is 33.9 Å². The number of ether oxygens (including phenoxy) is 5. The molecule has 3 aliphatic heterocycles. The Labute approximate surface area is 159 Å². The second-order valence-corrected chi connectivity index (χ2v) is 8.11. The van der Waals surface area contributed by atoms with E-state index >= 15 is 0 Å². The first kappa shape index (κ1) is 19.5. The maximum atomic E-state index is 11.6. The van der Waals surface area contributed by atoms with Gasteiger partial charge in [-0.25, -0.2) is 0 Å². The van der Waals surface area contributed by atoms with E-state index in [-0.39, 0.29) is 36.8 Å². The van der Waals surface area contributed by atoms with Crippen LogP contribution in [0.1, 0.15) is 51.4 Å². The summed E-state index contributed by atoms with van der Waals surface area (Å²) >= 11 is 0. The molecule has 7 atom stereocenters. The summed E-state index contributed by atoms with van der Waals surface area (Å²) in [5.41, 5.74) is 0. The van der Waals surface area contributed by atoms with Gasteiger partial charge in [0.15, 0.2) is 5.79 Å². The summed E-state index contributed by atoms with van der Waals surface area (Å²) in [6, 6.07) is 0. The molecule has 3 saturated heterocycles. The van der Waals surface area contributed by atoms with Gasteiger partial charge in [0.2, 0.25) is 0 Å². The van der Waals surface area contributed by atoms with Gasteiger partial charge in [-0.3, -0.25) is 4.79 Å². The van der Waals surface area contributed by atoms with Gasteiger partial charge in [0, 0.05) is 12.8 Å². The van der Waals surface area contributed by atoms with Crippen molar-refractivity contribution in [3.8, 4) is 0 Å². The SMILES string of the molecule is COC(=O)CC1CCC2O[C@@H](C(O)CO)C3OC4(CCCCC4)OC3[C@H]2O1. The van der Waals surface area contributed by atoms with E-state index in [1.807, 2.05) is 0 Å². The van der Waals surface area contributed by atoms with Crippen LogP contribution in [0.4, 0.5) is 0 Å². The number of rotatable bonds is 4. The van der Waals surface area contributed by atoms with Crippen molar-refractivity contribution in [1.29, 1.82) is 0 Å². The number of fused-ring (bicyclic) bond motifs is 3. The minimum absolute atomic E-state index is 0.200. The zero-order valence-electron chi connectivity index (χ0n) is 15.7. The van der Waals surface area contributed by atoms with Crippen molar-refractivity contribution in [2.24, 2.45) is 0 Å². The Balaban J connectivity index is 1.54. The van der Waals surface area contributed by atoms with E-state index in [1.54, 1.807) is 0 Å². The van der Waals surface area contributed by atoms with E-state index in [0.29, 0.717) is 12.8 Å². The molecule has 4 aliphatic rings. The fourth-order valence-corrected chi connectivity index (χ4v) is 4.93. The van der Waals surface area contributed by atoms with Gasteiger partial charge in [-0.05, 0) is 25.7 Å². The van der Waals surface area contributed by atoms with Crippen molar-refractivity contribution in [1.82, 2.24) is 0 Å². The van der Waals surface area contributed by atoms with Crippen LogP contribution in [0.15, 0.2) is 0 Å². The summed E-state index contributed by atoms with van der Waals surface area (Å²) in [7, 11) is 1.37. The largest absolute Gasteiger partial charge is 0.469 e. The van der Waals surface area contributed by atoms with Crippen molar-refractivity contribution in [3.05, 3.63) is 0 Å². The van der Waals surface area contributed by atoms with Gasteiger partial charge >= 0.3 is 5.97 Å². The monoisotopic (exact) mass is 386 g/mol. The molecule has 4 fully saturated rings. The summed E-state index contributed by atoms with van der Waals surface area (Å²) in [6.45, 7) is -0.395. The lowest BCUT2D eigenvalue weighted by Crippen LogP contribution is -2.62. The van der Waals surface area contributed by atoms with Gasteiger partial charge in [0.1, 0.15) is 30.5 Å². The fraction of sp³-hybridized carbons (Fsp3) is 0.947. The minimum Gasteiger partial charge on any atom is -0.469 e. The molecule has 154 valence electrons. The first-order chi connectivity index (χ1) is 13.0. The molecule has 5 unspecified atom stereocenters. The number of aliphatic hydroxyl groups is 2. The average Bonchev–Trinajstić information content (AvgIpc) is 3.06.